The predicted octanol–water partition coefficient (Wildman–Crippen LogP) is 5.95. The predicted molar refractivity (Wildman–Crippen MR) is 152 cm³/mol. The van der Waals surface area contributed by atoms with Crippen LogP contribution in [0.4, 0.5) is 11.4 Å². The van der Waals surface area contributed by atoms with Crippen molar-refractivity contribution in [1.29, 1.82) is 0 Å². The summed E-state index contributed by atoms with van der Waals surface area (Å²) in [5.41, 5.74) is 5.14. The van der Waals surface area contributed by atoms with Crippen LogP contribution in [0.15, 0.2) is 84.1 Å². The number of imidazole rings is 1. The maximum Gasteiger partial charge on any atom is 0.270 e. The quantitative estimate of drug-likeness (QED) is 0.156. The minimum Gasteiger partial charge on any atom is -0.494 e. The Morgan fingerprint density at radius 1 is 1.08 bits per heavy atom. The molecule has 5 aromatic rings. The zero-order valence-electron chi connectivity index (χ0n) is 21.5. The topological polar surface area (TPSA) is 113 Å². The summed E-state index contributed by atoms with van der Waals surface area (Å²) in [6.45, 7) is 3.13. The van der Waals surface area contributed by atoms with Crippen molar-refractivity contribution in [3.63, 3.8) is 0 Å². The molecule has 39 heavy (non-hydrogen) atoms. The number of aryl methyl sites for hydroxylation is 1. The van der Waals surface area contributed by atoms with E-state index >= 15 is 0 Å². The number of hydrogen-bond donors (Lipinski definition) is 2. The van der Waals surface area contributed by atoms with Crippen LogP contribution in [0.3, 0.4) is 0 Å². The molecular formula is C30H28N6O3. The number of nitro groups is 1. The average molecular weight is 521 g/mol. The lowest BCUT2D eigenvalue weighted by atomic mass is 9.99. The lowest BCUT2D eigenvalue weighted by molar-refractivity contribution is -0.384. The molecule has 1 fully saturated rings. The number of rotatable bonds is 7. The van der Waals surface area contributed by atoms with Gasteiger partial charge in [0.1, 0.15) is 5.82 Å². The fourth-order valence-corrected chi connectivity index (χ4v) is 5.21. The Hall–Kier alpha value is -4.76. The largest absolute Gasteiger partial charge is 0.494 e. The number of hydrogen-bond acceptors (Lipinski definition) is 6. The van der Waals surface area contributed by atoms with Crippen molar-refractivity contribution in [2.24, 2.45) is 12.0 Å². The summed E-state index contributed by atoms with van der Waals surface area (Å²) in [6, 6.07) is 20.4. The Balaban J connectivity index is 1.44. The Kier molecular flexibility index (Phi) is 6.42. The molecule has 1 aliphatic rings. The Bertz CT molecular complexity index is 1680. The van der Waals surface area contributed by atoms with Gasteiger partial charge in [0.05, 0.1) is 21.9 Å². The first-order valence-electron chi connectivity index (χ1n) is 12.9. The molecule has 0 saturated carbocycles. The summed E-state index contributed by atoms with van der Waals surface area (Å²) in [5.74, 6) is 0.760. The maximum atomic E-state index is 11.5. The van der Waals surface area contributed by atoms with E-state index in [0.29, 0.717) is 27.9 Å². The van der Waals surface area contributed by atoms with Crippen LogP contribution in [0.1, 0.15) is 29.5 Å². The molecule has 3 aromatic carbocycles. The Morgan fingerprint density at radius 3 is 2.49 bits per heavy atom. The molecule has 6 rings (SSSR count). The maximum absolute atomic E-state index is 11.5. The van der Waals surface area contributed by atoms with Gasteiger partial charge in [-0.3, -0.25) is 15.0 Å². The first kappa shape index (κ1) is 24.6. The van der Waals surface area contributed by atoms with Crippen LogP contribution < -0.4 is 0 Å². The molecule has 0 atom stereocenters. The number of likely N-dealkylation sites (tertiary alicyclic amines) is 1. The van der Waals surface area contributed by atoms with Gasteiger partial charge in [0, 0.05) is 60.1 Å². The number of aromatic hydroxyl groups is 1. The summed E-state index contributed by atoms with van der Waals surface area (Å²) in [4.78, 5) is 25.9. The van der Waals surface area contributed by atoms with Gasteiger partial charge in [-0.1, -0.05) is 24.3 Å². The molecule has 2 aromatic heterocycles. The van der Waals surface area contributed by atoms with Crippen molar-refractivity contribution in [1.82, 2.24) is 19.4 Å². The van der Waals surface area contributed by atoms with Crippen molar-refractivity contribution in [2.75, 3.05) is 13.1 Å². The van der Waals surface area contributed by atoms with Gasteiger partial charge in [-0.2, -0.15) is 0 Å². The summed E-state index contributed by atoms with van der Waals surface area (Å²) in [6.07, 6.45) is 6.12. The smallest absolute Gasteiger partial charge is 0.270 e. The van der Waals surface area contributed by atoms with Crippen molar-refractivity contribution in [3.8, 4) is 17.3 Å². The molecule has 3 heterocycles. The highest BCUT2D eigenvalue weighted by atomic mass is 16.6. The first-order chi connectivity index (χ1) is 19.0. The molecule has 2 N–H and O–H groups in total. The fraction of sp³-hybridized carbons (Fsp3) is 0.200. The van der Waals surface area contributed by atoms with Crippen LogP contribution in [0.25, 0.3) is 22.3 Å². The van der Waals surface area contributed by atoms with E-state index in [1.807, 2.05) is 54.2 Å². The summed E-state index contributed by atoms with van der Waals surface area (Å²) in [5, 5.41) is 23.0. The van der Waals surface area contributed by atoms with E-state index in [4.69, 9.17) is 4.99 Å². The minimum atomic E-state index is -0.437. The van der Waals surface area contributed by atoms with Gasteiger partial charge in [0.25, 0.3) is 5.69 Å². The van der Waals surface area contributed by atoms with Crippen LogP contribution in [0.2, 0.25) is 0 Å². The van der Waals surface area contributed by atoms with Gasteiger partial charge in [-0.15, -0.1) is 0 Å². The van der Waals surface area contributed by atoms with Crippen LogP contribution >= 0.6 is 0 Å². The third kappa shape index (κ3) is 4.92. The number of fused-ring (bicyclic) bond motifs is 1. The first-order valence-corrected chi connectivity index (χ1v) is 12.9. The molecule has 1 saturated heterocycles. The minimum absolute atomic E-state index is 0.0533. The van der Waals surface area contributed by atoms with Crippen LogP contribution in [0, 0.1) is 10.1 Å². The molecule has 0 radical (unpaired) electrons. The van der Waals surface area contributed by atoms with Crippen molar-refractivity contribution >= 4 is 28.0 Å². The Labute approximate surface area is 225 Å². The van der Waals surface area contributed by atoms with E-state index < -0.39 is 4.92 Å². The van der Waals surface area contributed by atoms with Gasteiger partial charge < -0.3 is 14.7 Å². The van der Waals surface area contributed by atoms with E-state index in [1.54, 1.807) is 12.3 Å². The van der Waals surface area contributed by atoms with Gasteiger partial charge in [0.2, 0.25) is 0 Å². The third-order valence-corrected chi connectivity index (χ3v) is 7.23. The lowest BCUT2D eigenvalue weighted by Gasteiger charge is -2.15. The van der Waals surface area contributed by atoms with Gasteiger partial charge in [-0.05, 0) is 61.8 Å². The molecule has 0 spiro atoms. The monoisotopic (exact) mass is 520 g/mol. The number of aromatic amines is 1. The van der Waals surface area contributed by atoms with E-state index in [-0.39, 0.29) is 11.6 Å². The Morgan fingerprint density at radius 2 is 1.82 bits per heavy atom. The van der Waals surface area contributed by atoms with Gasteiger partial charge >= 0.3 is 0 Å². The van der Waals surface area contributed by atoms with E-state index in [1.165, 1.54) is 30.5 Å². The molecular weight excluding hydrogens is 492 g/mol. The number of H-pyrrole nitrogens is 1. The standard InChI is InChI=1S/C30H28N6O3/c1-34-17-14-31-29(34)22-8-10-23(11-9-22)32-28(21-6-4-20(5-7-21)19-35-15-2-3-16-35)27-25-18-24(36(38)39)12-13-26(25)33-30(27)37/h4-14,17-18,33,37H,2-3,15-16,19H2,1H3. The second-order valence-electron chi connectivity index (χ2n) is 9.88. The molecule has 0 aliphatic carbocycles. The highest BCUT2D eigenvalue weighted by molar-refractivity contribution is 6.22. The van der Waals surface area contributed by atoms with Crippen LogP contribution in [-0.4, -0.2) is 48.3 Å². The number of aliphatic imine (C=N–C) groups is 1. The second-order valence-corrected chi connectivity index (χ2v) is 9.88. The highest BCUT2D eigenvalue weighted by Gasteiger charge is 2.21. The number of benzene rings is 3. The average Bonchev–Trinajstić information content (AvgIpc) is 3.68. The van der Waals surface area contributed by atoms with Crippen LogP contribution in [-0.2, 0) is 13.6 Å². The zero-order valence-corrected chi connectivity index (χ0v) is 21.5. The summed E-state index contributed by atoms with van der Waals surface area (Å²) < 4.78 is 1.95. The number of nitro benzene ring substituents is 1. The van der Waals surface area contributed by atoms with Crippen molar-refractivity contribution in [3.05, 3.63) is 106 Å². The molecule has 0 unspecified atom stereocenters. The van der Waals surface area contributed by atoms with Crippen molar-refractivity contribution in [2.45, 2.75) is 19.4 Å². The normalized spacial score (nSPS) is 14.3. The molecule has 0 bridgehead atoms. The number of non-ortho nitro benzene ring substituents is 1. The van der Waals surface area contributed by atoms with E-state index in [0.717, 1.165) is 36.6 Å². The molecule has 0 amide bonds. The molecule has 1 aliphatic heterocycles. The zero-order chi connectivity index (χ0) is 26.9. The number of nitrogens with zero attached hydrogens (tertiary/aromatic N) is 5. The highest BCUT2D eigenvalue weighted by Crippen LogP contribution is 2.34. The fourth-order valence-electron chi connectivity index (χ4n) is 5.21. The lowest BCUT2D eigenvalue weighted by Crippen LogP contribution is -2.18. The molecule has 9 heteroatoms. The van der Waals surface area contributed by atoms with Crippen molar-refractivity contribution < 1.29 is 10.0 Å². The number of aromatic nitrogens is 3. The van der Waals surface area contributed by atoms with E-state index in [2.05, 4.69) is 27.0 Å². The summed E-state index contributed by atoms with van der Waals surface area (Å²) >= 11 is 0. The molecule has 196 valence electrons. The SMILES string of the molecule is Cn1ccnc1-c1ccc(N=C(c2ccc(CN3CCCC3)cc2)c2c(O)[nH]c3ccc([N+](=O)[O-])cc23)cc1. The van der Waals surface area contributed by atoms with Gasteiger partial charge in [0.15, 0.2) is 5.88 Å². The van der Waals surface area contributed by atoms with E-state index in [9.17, 15) is 15.2 Å². The molecule has 9 nitrogen and oxygen atoms in total. The number of nitrogens with one attached hydrogen (secondary N) is 1. The second kappa shape index (κ2) is 10.2. The summed E-state index contributed by atoms with van der Waals surface area (Å²) in [7, 11) is 1.94. The third-order valence-electron chi connectivity index (χ3n) is 7.23. The van der Waals surface area contributed by atoms with Gasteiger partial charge in [-0.25, -0.2) is 9.98 Å². The van der Waals surface area contributed by atoms with Crippen LogP contribution in [0.5, 0.6) is 5.88 Å².